The summed E-state index contributed by atoms with van der Waals surface area (Å²) >= 11 is 0. The average Bonchev–Trinajstić information content (AvgIpc) is 3.17. The van der Waals surface area contributed by atoms with E-state index < -0.39 is 0 Å². The standard InChI is InChI=1S/C22H31BN2/c1-15(2)12-19-13-22(19,6)20-14-23(10-11-25(20)18(5)24)21-16(3)8-7-9-17(21)4/h7-9,12,14-15,24H,10-11,13H2,1-6H3/b19-12+,24-18?. The van der Waals surface area contributed by atoms with Crippen molar-refractivity contribution < 1.29 is 0 Å². The minimum Gasteiger partial charge on any atom is -0.335 e. The Morgan fingerprint density at radius 3 is 2.48 bits per heavy atom. The minimum atomic E-state index is 0.127. The Hall–Kier alpha value is -1.77. The van der Waals surface area contributed by atoms with Crippen LogP contribution in [0.15, 0.2) is 41.5 Å². The molecule has 0 spiro atoms. The number of nitrogens with one attached hydrogen (secondary N) is 1. The molecule has 0 saturated heterocycles. The molecule has 1 N–H and O–H groups in total. The van der Waals surface area contributed by atoms with Crippen LogP contribution < -0.4 is 5.46 Å². The molecular weight excluding hydrogens is 303 g/mol. The quantitative estimate of drug-likeness (QED) is 0.368. The van der Waals surface area contributed by atoms with Crippen molar-refractivity contribution in [3.8, 4) is 0 Å². The topological polar surface area (TPSA) is 27.1 Å². The fourth-order valence-electron chi connectivity index (χ4n) is 4.46. The zero-order valence-electron chi connectivity index (χ0n) is 16.6. The Bertz CT molecular complexity index is 739. The molecule has 1 aromatic carbocycles. The molecule has 1 aliphatic heterocycles. The van der Waals surface area contributed by atoms with Gasteiger partial charge in [-0.25, -0.2) is 0 Å². The summed E-state index contributed by atoms with van der Waals surface area (Å²) < 4.78 is 0. The van der Waals surface area contributed by atoms with E-state index in [2.05, 4.69) is 69.8 Å². The van der Waals surface area contributed by atoms with Gasteiger partial charge in [-0.2, -0.15) is 0 Å². The molecular formula is C22H31BN2. The monoisotopic (exact) mass is 334 g/mol. The van der Waals surface area contributed by atoms with E-state index in [9.17, 15) is 0 Å². The highest BCUT2D eigenvalue weighted by Gasteiger charge is 2.50. The van der Waals surface area contributed by atoms with Gasteiger partial charge in [0.05, 0.1) is 5.84 Å². The lowest BCUT2D eigenvalue weighted by molar-refractivity contribution is 0.445. The molecule has 132 valence electrons. The van der Waals surface area contributed by atoms with Crippen molar-refractivity contribution in [1.82, 2.24) is 4.90 Å². The lowest BCUT2D eigenvalue weighted by Gasteiger charge is -2.36. The first-order chi connectivity index (χ1) is 11.7. The van der Waals surface area contributed by atoms with Gasteiger partial charge in [-0.15, -0.1) is 0 Å². The van der Waals surface area contributed by atoms with Crippen molar-refractivity contribution in [3.05, 3.63) is 52.6 Å². The van der Waals surface area contributed by atoms with E-state index in [1.807, 2.05) is 6.92 Å². The third-order valence-electron chi connectivity index (χ3n) is 5.86. The third-order valence-corrected chi connectivity index (χ3v) is 5.86. The molecule has 1 aromatic rings. The predicted molar refractivity (Wildman–Crippen MR) is 110 cm³/mol. The number of benzene rings is 1. The van der Waals surface area contributed by atoms with Crippen molar-refractivity contribution >= 4 is 18.0 Å². The van der Waals surface area contributed by atoms with E-state index in [1.165, 1.54) is 22.3 Å². The molecule has 0 aromatic heterocycles. The number of nitrogens with zero attached hydrogens (tertiary/aromatic N) is 1. The van der Waals surface area contributed by atoms with Crippen molar-refractivity contribution in [3.63, 3.8) is 0 Å². The first-order valence-corrected chi connectivity index (χ1v) is 9.56. The largest absolute Gasteiger partial charge is 0.335 e. The van der Waals surface area contributed by atoms with Crippen LogP contribution in [-0.4, -0.2) is 24.0 Å². The molecule has 3 rings (SSSR count). The van der Waals surface area contributed by atoms with Gasteiger partial charge in [0.1, 0.15) is 0 Å². The van der Waals surface area contributed by atoms with Gasteiger partial charge < -0.3 is 4.90 Å². The summed E-state index contributed by atoms with van der Waals surface area (Å²) in [6.45, 7) is 14.6. The van der Waals surface area contributed by atoms with Crippen LogP contribution in [0.5, 0.6) is 0 Å². The minimum absolute atomic E-state index is 0.127. The Morgan fingerprint density at radius 2 is 1.92 bits per heavy atom. The maximum atomic E-state index is 8.26. The Labute approximate surface area is 153 Å². The first-order valence-electron chi connectivity index (χ1n) is 9.56. The Kier molecular flexibility index (Phi) is 4.70. The summed E-state index contributed by atoms with van der Waals surface area (Å²) in [5.41, 5.74) is 7.29. The summed E-state index contributed by atoms with van der Waals surface area (Å²) in [4.78, 5) is 2.24. The molecule has 0 bridgehead atoms. The molecule has 25 heavy (non-hydrogen) atoms. The molecule has 3 heteroatoms. The number of aryl methyl sites for hydroxylation is 2. The fraction of sp³-hybridized carbons (Fsp3) is 0.500. The summed E-state index contributed by atoms with van der Waals surface area (Å²) in [7, 11) is 0. The normalized spacial score (nSPS) is 24.8. The third kappa shape index (κ3) is 3.34. The van der Waals surface area contributed by atoms with E-state index in [0.717, 1.165) is 19.3 Å². The fourth-order valence-corrected chi connectivity index (χ4v) is 4.46. The lowest BCUT2D eigenvalue weighted by atomic mass is 9.39. The van der Waals surface area contributed by atoms with E-state index in [1.54, 1.807) is 5.57 Å². The second-order valence-electron chi connectivity index (χ2n) is 8.43. The summed E-state index contributed by atoms with van der Waals surface area (Å²) in [6, 6.07) is 6.61. The Balaban J connectivity index is 2.03. The second-order valence-corrected chi connectivity index (χ2v) is 8.43. The van der Waals surface area contributed by atoms with Crippen LogP contribution >= 0.6 is 0 Å². The van der Waals surface area contributed by atoms with Crippen molar-refractivity contribution in [1.29, 1.82) is 5.41 Å². The van der Waals surface area contributed by atoms with E-state index in [-0.39, 0.29) is 5.41 Å². The van der Waals surface area contributed by atoms with Crippen LogP contribution in [0.1, 0.15) is 45.2 Å². The van der Waals surface area contributed by atoms with E-state index in [0.29, 0.717) is 18.5 Å². The molecule has 1 fully saturated rings. The van der Waals surface area contributed by atoms with Crippen LogP contribution in [0, 0.1) is 30.6 Å². The van der Waals surface area contributed by atoms with E-state index >= 15 is 0 Å². The zero-order valence-corrected chi connectivity index (χ0v) is 16.6. The number of allylic oxidation sites excluding steroid dienone is 2. The van der Waals surface area contributed by atoms with Gasteiger partial charge >= 0.3 is 0 Å². The average molecular weight is 334 g/mol. The summed E-state index contributed by atoms with van der Waals surface area (Å²) in [5.74, 6) is 3.73. The highest BCUT2D eigenvalue weighted by atomic mass is 15.2. The van der Waals surface area contributed by atoms with Crippen molar-refractivity contribution in [2.24, 2.45) is 11.3 Å². The molecule has 2 aliphatic rings. The van der Waals surface area contributed by atoms with Gasteiger partial charge in [0, 0.05) is 17.7 Å². The second kappa shape index (κ2) is 6.51. The summed E-state index contributed by atoms with van der Waals surface area (Å²) in [5, 5.41) is 8.26. The molecule has 1 aliphatic carbocycles. The van der Waals surface area contributed by atoms with Crippen molar-refractivity contribution in [2.75, 3.05) is 6.54 Å². The highest BCUT2D eigenvalue weighted by Crippen LogP contribution is 2.58. The predicted octanol–water partition coefficient (Wildman–Crippen LogP) is 4.73. The van der Waals surface area contributed by atoms with Crippen LogP contribution in [-0.2, 0) is 0 Å². The van der Waals surface area contributed by atoms with Gasteiger partial charge in [-0.1, -0.05) is 73.2 Å². The molecule has 0 radical (unpaired) electrons. The van der Waals surface area contributed by atoms with Crippen molar-refractivity contribution in [2.45, 2.75) is 54.3 Å². The lowest BCUT2D eigenvalue weighted by Crippen LogP contribution is -2.44. The highest BCUT2D eigenvalue weighted by molar-refractivity contribution is 6.79. The van der Waals surface area contributed by atoms with Crippen LogP contribution in [0.3, 0.4) is 0 Å². The van der Waals surface area contributed by atoms with Gasteiger partial charge in [-0.3, -0.25) is 5.41 Å². The van der Waals surface area contributed by atoms with Gasteiger partial charge in [0.15, 0.2) is 0 Å². The van der Waals surface area contributed by atoms with Crippen LogP contribution in [0.2, 0.25) is 6.32 Å². The van der Waals surface area contributed by atoms with E-state index in [4.69, 9.17) is 5.41 Å². The molecule has 1 unspecified atom stereocenters. The number of hydrogen-bond donors (Lipinski definition) is 1. The van der Waals surface area contributed by atoms with Gasteiger partial charge in [0.25, 0.3) is 0 Å². The molecule has 1 atom stereocenters. The first kappa shape index (κ1) is 18.0. The maximum absolute atomic E-state index is 8.26. The van der Waals surface area contributed by atoms with Crippen LogP contribution in [0.25, 0.3) is 0 Å². The Morgan fingerprint density at radius 1 is 1.28 bits per heavy atom. The molecule has 2 nitrogen and oxygen atoms in total. The zero-order chi connectivity index (χ0) is 18.4. The number of rotatable bonds is 3. The summed E-state index contributed by atoms with van der Waals surface area (Å²) in [6.07, 6.45) is 4.64. The molecule has 1 saturated carbocycles. The SMILES string of the molecule is CC(=N)N1CCB(c2c(C)cccc2C)C=C1C1(C)C/C1=C\C(C)C. The van der Waals surface area contributed by atoms with Gasteiger partial charge in [-0.05, 0) is 39.4 Å². The maximum Gasteiger partial charge on any atom is 0.205 e. The molecule has 1 heterocycles. The smallest absolute Gasteiger partial charge is 0.205 e. The van der Waals surface area contributed by atoms with Crippen LogP contribution in [0.4, 0.5) is 0 Å². The van der Waals surface area contributed by atoms with Gasteiger partial charge in [0.2, 0.25) is 6.71 Å². The molecule has 0 amide bonds. The number of amidine groups is 1. The number of hydrogen-bond acceptors (Lipinski definition) is 1.